The van der Waals surface area contributed by atoms with Crippen LogP contribution in [0, 0.1) is 0 Å². The molecular formula is C17H27BrN2O. The zero-order chi connectivity index (χ0) is 15.5. The fraction of sp³-hybridized carbons (Fsp3) is 0.647. The van der Waals surface area contributed by atoms with E-state index < -0.39 is 0 Å². The van der Waals surface area contributed by atoms with E-state index in [4.69, 9.17) is 4.74 Å². The maximum atomic E-state index is 5.78. The molecule has 118 valence electrons. The summed E-state index contributed by atoms with van der Waals surface area (Å²) in [5, 5.41) is 3.45. The van der Waals surface area contributed by atoms with E-state index in [1.807, 2.05) is 0 Å². The minimum absolute atomic E-state index is 0.0359. The summed E-state index contributed by atoms with van der Waals surface area (Å²) in [6.07, 6.45) is 0. The Morgan fingerprint density at radius 2 is 2.14 bits per heavy atom. The van der Waals surface area contributed by atoms with Gasteiger partial charge in [0.1, 0.15) is 0 Å². The molecule has 1 aliphatic rings. The molecule has 1 saturated heterocycles. The second kappa shape index (κ2) is 7.23. The first-order valence-corrected chi connectivity index (χ1v) is 8.52. The van der Waals surface area contributed by atoms with Crippen LogP contribution in [0.4, 0.5) is 0 Å². The van der Waals surface area contributed by atoms with Gasteiger partial charge in [0, 0.05) is 36.7 Å². The number of morpholine rings is 1. The SMILES string of the molecule is CC(C)NCc1ccc(CN2CCOC(C)(C)C2)c(Br)c1. The van der Waals surface area contributed by atoms with E-state index in [2.05, 4.69) is 72.0 Å². The summed E-state index contributed by atoms with van der Waals surface area (Å²) in [6, 6.07) is 7.21. The van der Waals surface area contributed by atoms with Gasteiger partial charge in [-0.15, -0.1) is 0 Å². The quantitative estimate of drug-likeness (QED) is 0.874. The molecule has 1 aliphatic heterocycles. The minimum atomic E-state index is -0.0359. The summed E-state index contributed by atoms with van der Waals surface area (Å²) in [5.74, 6) is 0. The van der Waals surface area contributed by atoms with Crippen molar-refractivity contribution in [1.29, 1.82) is 0 Å². The summed E-state index contributed by atoms with van der Waals surface area (Å²) in [4.78, 5) is 2.47. The molecule has 1 heterocycles. The molecular weight excluding hydrogens is 328 g/mol. The summed E-state index contributed by atoms with van der Waals surface area (Å²) in [5.41, 5.74) is 2.63. The average Bonchev–Trinajstić information content (AvgIpc) is 2.38. The highest BCUT2D eigenvalue weighted by Gasteiger charge is 2.27. The third-order valence-electron chi connectivity index (χ3n) is 3.73. The Labute approximate surface area is 137 Å². The van der Waals surface area contributed by atoms with Crippen LogP contribution in [-0.4, -0.2) is 36.2 Å². The largest absolute Gasteiger partial charge is 0.373 e. The lowest BCUT2D eigenvalue weighted by atomic mass is 10.1. The highest BCUT2D eigenvalue weighted by atomic mass is 79.9. The molecule has 0 unspecified atom stereocenters. The molecule has 21 heavy (non-hydrogen) atoms. The maximum absolute atomic E-state index is 5.78. The Bertz CT molecular complexity index is 474. The molecule has 0 amide bonds. The highest BCUT2D eigenvalue weighted by Crippen LogP contribution is 2.23. The van der Waals surface area contributed by atoms with Crippen molar-refractivity contribution in [3.8, 4) is 0 Å². The monoisotopic (exact) mass is 354 g/mol. The molecule has 1 aromatic rings. The van der Waals surface area contributed by atoms with Gasteiger partial charge < -0.3 is 10.1 Å². The lowest BCUT2D eigenvalue weighted by Gasteiger charge is -2.38. The van der Waals surface area contributed by atoms with Crippen molar-refractivity contribution >= 4 is 15.9 Å². The van der Waals surface area contributed by atoms with Crippen molar-refractivity contribution in [2.24, 2.45) is 0 Å². The van der Waals surface area contributed by atoms with Gasteiger partial charge in [-0.05, 0) is 31.0 Å². The number of halogens is 1. The number of nitrogens with zero attached hydrogens (tertiary/aromatic N) is 1. The topological polar surface area (TPSA) is 24.5 Å². The Morgan fingerprint density at radius 1 is 1.38 bits per heavy atom. The Hall–Kier alpha value is -0.420. The first-order valence-electron chi connectivity index (χ1n) is 7.73. The second-order valence-corrected chi connectivity index (χ2v) is 7.63. The molecule has 0 bridgehead atoms. The minimum Gasteiger partial charge on any atom is -0.373 e. The van der Waals surface area contributed by atoms with Gasteiger partial charge in [0.2, 0.25) is 0 Å². The number of hydrogen-bond donors (Lipinski definition) is 1. The lowest BCUT2D eigenvalue weighted by Crippen LogP contribution is -2.47. The number of ether oxygens (including phenoxy) is 1. The van der Waals surface area contributed by atoms with Crippen LogP contribution in [0.15, 0.2) is 22.7 Å². The predicted octanol–water partition coefficient (Wildman–Crippen LogP) is 3.56. The Morgan fingerprint density at radius 3 is 2.76 bits per heavy atom. The highest BCUT2D eigenvalue weighted by molar-refractivity contribution is 9.10. The summed E-state index contributed by atoms with van der Waals surface area (Å²) in [7, 11) is 0. The van der Waals surface area contributed by atoms with Crippen molar-refractivity contribution in [3.05, 3.63) is 33.8 Å². The molecule has 1 N–H and O–H groups in total. The van der Waals surface area contributed by atoms with Crippen molar-refractivity contribution in [2.45, 2.75) is 52.4 Å². The molecule has 4 heteroatoms. The van der Waals surface area contributed by atoms with E-state index in [1.165, 1.54) is 15.6 Å². The molecule has 1 fully saturated rings. The third-order valence-corrected chi connectivity index (χ3v) is 4.47. The predicted molar refractivity (Wildman–Crippen MR) is 91.4 cm³/mol. The normalized spacial score (nSPS) is 19.1. The van der Waals surface area contributed by atoms with Crippen LogP contribution in [0.2, 0.25) is 0 Å². The van der Waals surface area contributed by atoms with E-state index >= 15 is 0 Å². The first-order chi connectivity index (χ1) is 9.85. The Balaban J connectivity index is 1.97. The molecule has 0 spiro atoms. The fourth-order valence-electron chi connectivity index (χ4n) is 2.64. The van der Waals surface area contributed by atoms with Gasteiger partial charge in [0.25, 0.3) is 0 Å². The number of rotatable bonds is 5. The van der Waals surface area contributed by atoms with Crippen LogP contribution in [0.25, 0.3) is 0 Å². The summed E-state index contributed by atoms with van der Waals surface area (Å²) in [6.45, 7) is 13.4. The Kier molecular flexibility index (Phi) is 5.83. The zero-order valence-corrected chi connectivity index (χ0v) is 15.2. The molecule has 1 aromatic carbocycles. The van der Waals surface area contributed by atoms with E-state index in [-0.39, 0.29) is 5.60 Å². The number of nitrogens with one attached hydrogen (secondary N) is 1. The molecule has 2 rings (SSSR count). The number of hydrogen-bond acceptors (Lipinski definition) is 3. The van der Waals surface area contributed by atoms with E-state index in [0.717, 1.165) is 32.8 Å². The summed E-state index contributed by atoms with van der Waals surface area (Å²) >= 11 is 3.72. The van der Waals surface area contributed by atoms with Gasteiger partial charge in [-0.3, -0.25) is 4.90 Å². The van der Waals surface area contributed by atoms with Crippen LogP contribution in [0.3, 0.4) is 0 Å². The smallest absolute Gasteiger partial charge is 0.0753 e. The molecule has 0 aliphatic carbocycles. The van der Waals surface area contributed by atoms with Crippen molar-refractivity contribution in [3.63, 3.8) is 0 Å². The average molecular weight is 355 g/mol. The lowest BCUT2D eigenvalue weighted by molar-refractivity contribution is -0.0883. The van der Waals surface area contributed by atoms with Crippen LogP contribution in [-0.2, 0) is 17.8 Å². The van der Waals surface area contributed by atoms with E-state index in [0.29, 0.717) is 6.04 Å². The van der Waals surface area contributed by atoms with Gasteiger partial charge in [-0.1, -0.05) is 41.9 Å². The zero-order valence-electron chi connectivity index (χ0n) is 13.6. The van der Waals surface area contributed by atoms with Crippen LogP contribution in [0.5, 0.6) is 0 Å². The fourth-order valence-corrected chi connectivity index (χ4v) is 3.19. The molecule has 0 saturated carbocycles. The van der Waals surface area contributed by atoms with Crippen molar-refractivity contribution < 1.29 is 4.74 Å². The van der Waals surface area contributed by atoms with E-state index in [1.54, 1.807) is 0 Å². The van der Waals surface area contributed by atoms with Gasteiger partial charge in [0.05, 0.1) is 12.2 Å². The van der Waals surface area contributed by atoms with Gasteiger partial charge in [0.15, 0.2) is 0 Å². The molecule has 3 nitrogen and oxygen atoms in total. The van der Waals surface area contributed by atoms with Gasteiger partial charge in [-0.25, -0.2) is 0 Å². The number of benzene rings is 1. The van der Waals surface area contributed by atoms with Crippen molar-refractivity contribution in [2.75, 3.05) is 19.7 Å². The standard InChI is InChI=1S/C17H27BrN2O/c1-13(2)19-10-14-5-6-15(16(18)9-14)11-20-7-8-21-17(3,4)12-20/h5-6,9,13,19H,7-8,10-12H2,1-4H3. The molecule has 0 aromatic heterocycles. The summed E-state index contributed by atoms with van der Waals surface area (Å²) < 4.78 is 6.98. The van der Waals surface area contributed by atoms with Gasteiger partial charge in [-0.2, -0.15) is 0 Å². The first kappa shape index (κ1) is 16.9. The molecule has 0 atom stereocenters. The molecule has 0 radical (unpaired) electrons. The maximum Gasteiger partial charge on any atom is 0.0753 e. The second-order valence-electron chi connectivity index (χ2n) is 6.78. The van der Waals surface area contributed by atoms with Crippen LogP contribution in [0.1, 0.15) is 38.8 Å². The van der Waals surface area contributed by atoms with E-state index in [9.17, 15) is 0 Å². The van der Waals surface area contributed by atoms with Crippen LogP contribution < -0.4 is 5.32 Å². The third kappa shape index (κ3) is 5.37. The van der Waals surface area contributed by atoms with Crippen LogP contribution >= 0.6 is 15.9 Å². The van der Waals surface area contributed by atoms with Gasteiger partial charge >= 0.3 is 0 Å². The van der Waals surface area contributed by atoms with Crippen molar-refractivity contribution in [1.82, 2.24) is 10.2 Å².